The summed E-state index contributed by atoms with van der Waals surface area (Å²) in [4.78, 5) is 12.3. The number of allylic oxidation sites excluding steroid dienone is 8. The van der Waals surface area contributed by atoms with Crippen LogP contribution in [-0.4, -0.2) is 13.1 Å². The average Bonchev–Trinajstić information content (AvgIpc) is 3.10. The Hall–Kier alpha value is -3.90. The molecule has 6 rings (SSSR count). The Morgan fingerprint density at radius 3 is 2.06 bits per heavy atom. The first-order valence-electron chi connectivity index (χ1n) is 10.8. The number of esters is 1. The maximum atomic E-state index is 12.3. The highest BCUT2D eigenvalue weighted by atomic mass is 16.5. The van der Waals surface area contributed by atoms with E-state index in [4.69, 9.17) is 4.74 Å². The van der Waals surface area contributed by atoms with Crippen molar-refractivity contribution in [3.63, 3.8) is 0 Å². The lowest BCUT2D eigenvalue weighted by Gasteiger charge is -2.34. The van der Waals surface area contributed by atoms with Gasteiger partial charge in [-0.2, -0.15) is 5.26 Å². The van der Waals surface area contributed by atoms with Crippen LogP contribution in [0, 0.1) is 35.0 Å². The van der Waals surface area contributed by atoms with Crippen molar-refractivity contribution in [2.75, 3.05) is 7.11 Å². The van der Waals surface area contributed by atoms with Crippen molar-refractivity contribution in [1.82, 2.24) is 0 Å². The lowest BCUT2D eigenvalue weighted by Crippen LogP contribution is -2.28. The molecule has 0 amide bonds. The molecular formula is C29H23NO2. The number of nitrogens with zero attached hydrogens (tertiary/aromatic N) is 1. The van der Waals surface area contributed by atoms with E-state index in [0.717, 1.165) is 5.57 Å². The molecule has 156 valence electrons. The Bertz CT molecular complexity index is 1200. The van der Waals surface area contributed by atoms with E-state index >= 15 is 0 Å². The third-order valence-corrected chi connectivity index (χ3v) is 6.70. The van der Waals surface area contributed by atoms with Crippen LogP contribution in [0.3, 0.4) is 0 Å². The Morgan fingerprint density at radius 1 is 0.844 bits per heavy atom. The van der Waals surface area contributed by atoms with E-state index in [-0.39, 0.29) is 29.2 Å². The minimum Gasteiger partial charge on any atom is -0.465 e. The number of benzene rings is 2. The molecule has 0 unspecified atom stereocenters. The van der Waals surface area contributed by atoms with Crippen LogP contribution in [0.15, 0.2) is 114 Å². The number of ether oxygens (including phenoxy) is 1. The molecular weight excluding hydrogens is 394 g/mol. The van der Waals surface area contributed by atoms with Gasteiger partial charge >= 0.3 is 5.97 Å². The highest BCUT2D eigenvalue weighted by molar-refractivity contribution is 5.94. The molecule has 2 aromatic carbocycles. The molecule has 0 saturated carbocycles. The van der Waals surface area contributed by atoms with E-state index in [9.17, 15) is 10.1 Å². The molecule has 3 heteroatoms. The number of methoxy groups -OCH3 is 1. The van der Waals surface area contributed by atoms with Crippen LogP contribution < -0.4 is 0 Å². The van der Waals surface area contributed by atoms with Crippen molar-refractivity contribution in [3.05, 3.63) is 125 Å². The summed E-state index contributed by atoms with van der Waals surface area (Å²) in [5, 5.41) is 9.68. The van der Waals surface area contributed by atoms with Gasteiger partial charge in [-0.15, -0.1) is 0 Å². The lowest BCUT2D eigenvalue weighted by molar-refractivity contribution is -0.135. The number of carbonyl (C=O) groups excluding carboxylic acids is 1. The molecule has 2 bridgehead atoms. The summed E-state index contributed by atoms with van der Waals surface area (Å²) in [7, 11) is 1.32. The number of nitriles is 1. The van der Waals surface area contributed by atoms with Crippen molar-refractivity contribution in [3.8, 4) is 6.07 Å². The highest BCUT2D eigenvalue weighted by Crippen LogP contribution is 2.52. The molecule has 0 spiro atoms. The van der Waals surface area contributed by atoms with Gasteiger partial charge in [-0.05, 0) is 33.8 Å². The number of carbonyl (C=O) groups is 1. The zero-order chi connectivity index (χ0) is 22.1. The predicted octanol–water partition coefficient (Wildman–Crippen LogP) is 5.66. The first-order chi connectivity index (χ1) is 15.7. The van der Waals surface area contributed by atoms with Crippen LogP contribution in [-0.2, 0) is 9.53 Å². The topological polar surface area (TPSA) is 50.1 Å². The number of hydrogen-bond acceptors (Lipinski definition) is 3. The summed E-state index contributed by atoms with van der Waals surface area (Å²) >= 11 is 0. The van der Waals surface area contributed by atoms with Gasteiger partial charge in [-0.1, -0.05) is 97.1 Å². The number of rotatable bonds is 3. The fraction of sp³-hybridized carbons (Fsp3) is 0.172. The first-order valence-corrected chi connectivity index (χ1v) is 10.8. The van der Waals surface area contributed by atoms with Crippen molar-refractivity contribution in [2.24, 2.45) is 23.7 Å². The Kier molecular flexibility index (Phi) is 5.21. The van der Waals surface area contributed by atoms with Crippen LogP contribution in [0.2, 0.25) is 0 Å². The van der Waals surface area contributed by atoms with Gasteiger partial charge in [-0.3, -0.25) is 0 Å². The summed E-state index contributed by atoms with van der Waals surface area (Å²) in [6.07, 6.45) is 13.0. The van der Waals surface area contributed by atoms with Gasteiger partial charge in [0.25, 0.3) is 0 Å². The molecule has 4 atom stereocenters. The minimum atomic E-state index is -0.575. The Morgan fingerprint density at radius 2 is 1.47 bits per heavy atom. The summed E-state index contributed by atoms with van der Waals surface area (Å²) in [5.74, 6) is 0.00527. The fourth-order valence-electron chi connectivity index (χ4n) is 5.32. The third-order valence-electron chi connectivity index (χ3n) is 6.70. The molecule has 32 heavy (non-hydrogen) atoms. The van der Waals surface area contributed by atoms with Gasteiger partial charge in [-0.25, -0.2) is 4.79 Å². The van der Waals surface area contributed by atoms with Crippen LogP contribution in [0.1, 0.15) is 11.1 Å². The number of fused-ring (bicyclic) bond motifs is 1. The minimum absolute atomic E-state index is 0.0368. The smallest absolute Gasteiger partial charge is 0.348 e. The van der Waals surface area contributed by atoms with Gasteiger partial charge in [0.2, 0.25) is 0 Å². The summed E-state index contributed by atoms with van der Waals surface area (Å²) in [5.41, 5.74) is 5.76. The molecule has 0 aliphatic heterocycles. The zero-order valence-electron chi connectivity index (χ0n) is 17.8. The Balaban J connectivity index is 1.68. The highest BCUT2D eigenvalue weighted by Gasteiger charge is 2.43. The van der Waals surface area contributed by atoms with Crippen LogP contribution >= 0.6 is 0 Å². The van der Waals surface area contributed by atoms with E-state index in [1.165, 1.54) is 29.4 Å². The SMILES string of the molecule is COC(=O)/C(C#N)=C1/C=C[C@H]2C=C[C@@H]1[C@@H]1C=CC(=C(c3ccccc3)c3ccccc3)[C@H]21. The van der Waals surface area contributed by atoms with Gasteiger partial charge in [0.15, 0.2) is 0 Å². The average molecular weight is 418 g/mol. The van der Waals surface area contributed by atoms with Crippen molar-refractivity contribution in [2.45, 2.75) is 0 Å². The molecule has 4 aliphatic rings. The van der Waals surface area contributed by atoms with Gasteiger partial charge < -0.3 is 4.74 Å². The summed E-state index contributed by atoms with van der Waals surface area (Å²) in [6, 6.07) is 23.1. The van der Waals surface area contributed by atoms with E-state index in [1.54, 1.807) is 0 Å². The first kappa shape index (κ1) is 20.0. The quantitative estimate of drug-likeness (QED) is 0.280. The molecule has 0 N–H and O–H groups in total. The van der Waals surface area contributed by atoms with Crippen molar-refractivity contribution < 1.29 is 9.53 Å². The molecule has 0 heterocycles. The maximum Gasteiger partial charge on any atom is 0.348 e. The molecule has 0 fully saturated rings. The summed E-state index contributed by atoms with van der Waals surface area (Å²) in [6.45, 7) is 0. The second-order valence-electron chi connectivity index (χ2n) is 8.31. The molecule has 0 radical (unpaired) electrons. The van der Waals surface area contributed by atoms with Crippen LogP contribution in [0.25, 0.3) is 5.57 Å². The second kappa shape index (κ2) is 8.32. The summed E-state index contributed by atoms with van der Waals surface area (Å²) < 4.78 is 4.89. The molecule has 0 saturated heterocycles. The van der Waals surface area contributed by atoms with Gasteiger partial charge in [0, 0.05) is 17.8 Å². The van der Waals surface area contributed by atoms with Crippen molar-refractivity contribution >= 4 is 11.5 Å². The monoisotopic (exact) mass is 417 g/mol. The van der Waals surface area contributed by atoms with E-state index in [2.05, 4.69) is 85.0 Å². The van der Waals surface area contributed by atoms with Crippen LogP contribution in [0.4, 0.5) is 0 Å². The molecule has 3 nitrogen and oxygen atoms in total. The van der Waals surface area contributed by atoms with E-state index < -0.39 is 5.97 Å². The standard InChI is InChI=1S/C29H23NO2/c1-32-29(31)26(18-30)23-15-13-21-12-14-22(23)24-16-17-25(28(21)24)27(19-8-4-2-5-9-19)20-10-6-3-7-11-20/h2-17,21-22,24,28H,1H3/b26-23-/t21-,22+,24+,28-/m1/s1. The third kappa shape index (κ3) is 3.25. The zero-order valence-corrected chi connectivity index (χ0v) is 17.8. The predicted molar refractivity (Wildman–Crippen MR) is 125 cm³/mol. The maximum absolute atomic E-state index is 12.3. The van der Waals surface area contributed by atoms with Gasteiger partial charge in [0.1, 0.15) is 11.6 Å². The fourth-order valence-corrected chi connectivity index (χ4v) is 5.32. The normalized spacial score (nSPS) is 26.3. The van der Waals surface area contributed by atoms with Crippen LogP contribution in [0.5, 0.6) is 0 Å². The number of hydrogen-bond donors (Lipinski definition) is 0. The lowest BCUT2D eigenvalue weighted by atomic mass is 9.69. The van der Waals surface area contributed by atoms with E-state index in [0.29, 0.717) is 0 Å². The molecule has 2 aromatic rings. The molecule has 4 aliphatic carbocycles. The van der Waals surface area contributed by atoms with Crippen molar-refractivity contribution in [1.29, 1.82) is 5.26 Å². The second-order valence-corrected chi connectivity index (χ2v) is 8.31. The largest absolute Gasteiger partial charge is 0.465 e. The molecule has 0 aromatic heterocycles. The Labute approximate surface area is 188 Å². The van der Waals surface area contributed by atoms with Gasteiger partial charge in [0.05, 0.1) is 7.11 Å². The van der Waals surface area contributed by atoms with E-state index in [1.807, 2.05) is 18.2 Å².